The molecule has 1 atom stereocenters. The Morgan fingerprint density at radius 3 is 2.76 bits per heavy atom. The summed E-state index contributed by atoms with van der Waals surface area (Å²) in [5.41, 5.74) is 1.87. The Morgan fingerprint density at radius 2 is 2.10 bits per heavy atom. The van der Waals surface area contributed by atoms with Crippen molar-refractivity contribution in [2.45, 2.75) is 12.3 Å². The van der Waals surface area contributed by atoms with Gasteiger partial charge in [-0.1, -0.05) is 41.6 Å². The molecule has 3 rings (SSSR count). The van der Waals surface area contributed by atoms with E-state index in [1.807, 2.05) is 12.1 Å². The maximum Gasteiger partial charge on any atom is 0.234 e. The molecule has 148 valence electrons. The van der Waals surface area contributed by atoms with Crippen molar-refractivity contribution in [1.29, 1.82) is 5.26 Å². The first-order valence-corrected chi connectivity index (χ1v) is 10.1. The van der Waals surface area contributed by atoms with Crippen molar-refractivity contribution < 1.29 is 14.3 Å². The molecule has 1 heterocycles. The minimum atomic E-state index is -0.363. The standard InChI is InChI=1S/C21H18ClN3O3S/c1-28-16-7-5-13(6-8-16)17-10-19(26)25-21(18(17)11-23)29-12-20(27)24-15-4-2-3-14(22)9-15/h2-9,17H,10,12H2,1H3,(H,24,27)(H,25,26)/t17-/m1/s1. The van der Waals surface area contributed by atoms with E-state index in [1.165, 1.54) is 0 Å². The van der Waals surface area contributed by atoms with Crippen LogP contribution >= 0.6 is 23.4 Å². The van der Waals surface area contributed by atoms with Crippen molar-refractivity contribution >= 4 is 40.9 Å². The molecule has 0 aromatic heterocycles. The first-order chi connectivity index (χ1) is 14.0. The minimum Gasteiger partial charge on any atom is -0.497 e. The molecule has 1 aliphatic heterocycles. The number of allylic oxidation sites excluding steroid dienone is 1. The zero-order valence-electron chi connectivity index (χ0n) is 15.6. The van der Waals surface area contributed by atoms with E-state index in [0.717, 1.165) is 17.3 Å². The summed E-state index contributed by atoms with van der Waals surface area (Å²) in [4.78, 5) is 24.5. The van der Waals surface area contributed by atoms with E-state index >= 15 is 0 Å². The maximum absolute atomic E-state index is 12.3. The summed E-state index contributed by atoms with van der Waals surface area (Å²) in [5, 5.41) is 16.1. The molecule has 0 radical (unpaired) electrons. The van der Waals surface area contributed by atoms with Crippen LogP contribution in [0.25, 0.3) is 0 Å². The smallest absolute Gasteiger partial charge is 0.234 e. The van der Waals surface area contributed by atoms with Crippen LogP contribution in [0.1, 0.15) is 17.9 Å². The first-order valence-electron chi connectivity index (χ1n) is 8.76. The van der Waals surface area contributed by atoms with E-state index in [-0.39, 0.29) is 29.9 Å². The number of benzene rings is 2. The molecule has 29 heavy (non-hydrogen) atoms. The van der Waals surface area contributed by atoms with Crippen LogP contribution < -0.4 is 15.4 Å². The Balaban J connectivity index is 1.74. The van der Waals surface area contributed by atoms with Gasteiger partial charge in [0.2, 0.25) is 11.8 Å². The molecule has 0 fully saturated rings. The summed E-state index contributed by atoms with van der Waals surface area (Å²) in [5.74, 6) is -0.0739. The Labute approximate surface area is 177 Å². The quantitative estimate of drug-likeness (QED) is 0.725. The molecule has 1 aliphatic rings. The number of nitriles is 1. The highest BCUT2D eigenvalue weighted by atomic mass is 35.5. The lowest BCUT2D eigenvalue weighted by molar-refractivity contribution is -0.121. The van der Waals surface area contributed by atoms with Gasteiger partial charge in [-0.05, 0) is 35.9 Å². The second-order valence-electron chi connectivity index (χ2n) is 6.28. The monoisotopic (exact) mass is 427 g/mol. The highest BCUT2D eigenvalue weighted by molar-refractivity contribution is 8.03. The number of carbonyl (C=O) groups is 2. The largest absolute Gasteiger partial charge is 0.497 e. The number of rotatable bonds is 6. The molecular formula is C21H18ClN3O3S. The molecule has 0 saturated carbocycles. The van der Waals surface area contributed by atoms with Crippen LogP contribution in [0.15, 0.2) is 59.1 Å². The lowest BCUT2D eigenvalue weighted by Crippen LogP contribution is -2.31. The lowest BCUT2D eigenvalue weighted by Gasteiger charge is -2.25. The van der Waals surface area contributed by atoms with Crippen LogP contribution in [0.3, 0.4) is 0 Å². The molecule has 2 amide bonds. The van der Waals surface area contributed by atoms with Crippen molar-refractivity contribution in [3.8, 4) is 11.8 Å². The molecule has 2 aromatic carbocycles. The zero-order valence-corrected chi connectivity index (χ0v) is 17.1. The Morgan fingerprint density at radius 1 is 1.34 bits per heavy atom. The number of hydrogen-bond donors (Lipinski definition) is 2. The van der Waals surface area contributed by atoms with Gasteiger partial charge in [0.1, 0.15) is 5.75 Å². The third-order valence-corrected chi connectivity index (χ3v) is 5.58. The van der Waals surface area contributed by atoms with Crippen LogP contribution in [0.5, 0.6) is 5.75 Å². The van der Waals surface area contributed by atoms with Crippen molar-refractivity contribution in [3.05, 3.63) is 69.7 Å². The number of methoxy groups -OCH3 is 1. The van der Waals surface area contributed by atoms with E-state index in [4.69, 9.17) is 16.3 Å². The van der Waals surface area contributed by atoms with Crippen LogP contribution in [-0.4, -0.2) is 24.7 Å². The molecule has 8 heteroatoms. The van der Waals surface area contributed by atoms with Crippen LogP contribution in [-0.2, 0) is 9.59 Å². The van der Waals surface area contributed by atoms with Gasteiger partial charge in [0.15, 0.2) is 0 Å². The average Bonchev–Trinajstić information content (AvgIpc) is 2.72. The fraction of sp³-hybridized carbons (Fsp3) is 0.190. The fourth-order valence-electron chi connectivity index (χ4n) is 2.95. The van der Waals surface area contributed by atoms with Crippen molar-refractivity contribution in [1.82, 2.24) is 5.32 Å². The summed E-state index contributed by atoms with van der Waals surface area (Å²) >= 11 is 7.05. The summed E-state index contributed by atoms with van der Waals surface area (Å²) < 4.78 is 5.16. The van der Waals surface area contributed by atoms with Crippen molar-refractivity contribution in [3.63, 3.8) is 0 Å². The number of nitrogens with zero attached hydrogens (tertiary/aromatic N) is 1. The predicted octanol–water partition coefficient (Wildman–Crippen LogP) is 4.06. The number of thioether (sulfide) groups is 1. The van der Waals surface area contributed by atoms with Gasteiger partial charge in [-0.3, -0.25) is 9.59 Å². The molecule has 0 spiro atoms. The number of ether oxygens (including phenoxy) is 1. The lowest BCUT2D eigenvalue weighted by atomic mass is 9.87. The Bertz CT molecular complexity index is 999. The summed E-state index contributed by atoms with van der Waals surface area (Å²) in [6.45, 7) is 0. The van der Waals surface area contributed by atoms with Crippen molar-refractivity contribution in [2.75, 3.05) is 18.2 Å². The molecule has 0 bridgehead atoms. The van der Waals surface area contributed by atoms with Gasteiger partial charge in [-0.2, -0.15) is 5.26 Å². The molecule has 2 N–H and O–H groups in total. The summed E-state index contributed by atoms with van der Waals surface area (Å²) in [7, 11) is 1.58. The fourth-order valence-corrected chi connectivity index (χ4v) is 4.02. The van der Waals surface area contributed by atoms with E-state index in [9.17, 15) is 14.9 Å². The molecule has 6 nitrogen and oxygen atoms in total. The van der Waals surface area contributed by atoms with Gasteiger partial charge in [0, 0.05) is 23.0 Å². The Hall–Kier alpha value is -2.95. The van der Waals surface area contributed by atoms with Gasteiger partial charge in [0.05, 0.1) is 29.5 Å². The first kappa shape index (κ1) is 20.8. The van der Waals surface area contributed by atoms with Gasteiger partial charge < -0.3 is 15.4 Å². The Kier molecular flexibility index (Phi) is 6.81. The van der Waals surface area contributed by atoms with Crippen LogP contribution in [0.4, 0.5) is 5.69 Å². The van der Waals surface area contributed by atoms with Gasteiger partial charge >= 0.3 is 0 Å². The van der Waals surface area contributed by atoms with Gasteiger partial charge in [0.25, 0.3) is 0 Å². The second-order valence-corrected chi connectivity index (χ2v) is 7.70. The van der Waals surface area contributed by atoms with Crippen LogP contribution in [0, 0.1) is 11.3 Å². The number of nitrogens with one attached hydrogen (secondary N) is 2. The molecular weight excluding hydrogens is 410 g/mol. The molecule has 0 unspecified atom stereocenters. The maximum atomic E-state index is 12.3. The molecule has 0 aliphatic carbocycles. The number of amides is 2. The van der Waals surface area contributed by atoms with E-state index in [2.05, 4.69) is 16.7 Å². The second kappa shape index (κ2) is 9.50. The van der Waals surface area contributed by atoms with Crippen LogP contribution in [0.2, 0.25) is 5.02 Å². The molecule has 2 aromatic rings. The van der Waals surface area contributed by atoms with Gasteiger partial charge in [-0.15, -0.1) is 0 Å². The topological polar surface area (TPSA) is 91.2 Å². The number of carbonyl (C=O) groups excluding carboxylic acids is 2. The molecule has 0 saturated heterocycles. The zero-order chi connectivity index (χ0) is 20.8. The predicted molar refractivity (Wildman–Crippen MR) is 114 cm³/mol. The highest BCUT2D eigenvalue weighted by Crippen LogP contribution is 2.36. The minimum absolute atomic E-state index is 0.0443. The number of halogens is 1. The third kappa shape index (κ3) is 5.31. The number of anilines is 1. The third-order valence-electron chi connectivity index (χ3n) is 4.33. The normalized spacial score (nSPS) is 16.0. The van der Waals surface area contributed by atoms with E-state index < -0.39 is 0 Å². The van der Waals surface area contributed by atoms with Gasteiger partial charge in [-0.25, -0.2) is 0 Å². The number of hydrogen-bond acceptors (Lipinski definition) is 5. The summed E-state index contributed by atoms with van der Waals surface area (Å²) in [6, 6.07) is 16.3. The van der Waals surface area contributed by atoms with E-state index in [1.54, 1.807) is 43.5 Å². The average molecular weight is 428 g/mol. The highest BCUT2D eigenvalue weighted by Gasteiger charge is 2.29. The van der Waals surface area contributed by atoms with E-state index in [0.29, 0.717) is 27.1 Å². The SMILES string of the molecule is COc1ccc([C@H]2CC(=O)NC(SCC(=O)Nc3cccc(Cl)c3)=C2C#N)cc1. The van der Waals surface area contributed by atoms with Crippen molar-refractivity contribution in [2.24, 2.45) is 0 Å². The summed E-state index contributed by atoms with van der Waals surface area (Å²) in [6.07, 6.45) is 0.175.